The fraction of sp³-hybridized carbons (Fsp3) is 0.208. The third-order valence-electron chi connectivity index (χ3n) is 5.12. The number of rotatable bonds is 7. The summed E-state index contributed by atoms with van der Waals surface area (Å²) in [6.07, 6.45) is 1.52. The van der Waals surface area contributed by atoms with Crippen LogP contribution in [0.15, 0.2) is 65.3 Å². The lowest BCUT2D eigenvalue weighted by atomic mass is 10.1. The van der Waals surface area contributed by atoms with Crippen LogP contribution in [0.3, 0.4) is 0 Å². The molecule has 0 radical (unpaired) electrons. The Kier molecular flexibility index (Phi) is 6.72. The van der Waals surface area contributed by atoms with Gasteiger partial charge in [-0.25, -0.2) is 14.4 Å². The number of nitrogens with zero attached hydrogens (tertiary/aromatic N) is 4. The summed E-state index contributed by atoms with van der Waals surface area (Å²) in [6.45, 7) is 0.547. The minimum Gasteiger partial charge on any atom is -0.378 e. The highest BCUT2D eigenvalue weighted by Gasteiger charge is 2.16. The number of amides is 1. The zero-order valence-corrected chi connectivity index (χ0v) is 19.7. The first-order chi connectivity index (χ1) is 15.4. The molecule has 0 aliphatic heterocycles. The lowest BCUT2D eigenvalue weighted by Crippen LogP contribution is -2.27. The first-order valence-corrected chi connectivity index (χ1v) is 11.9. The number of carbonyl (C=O) groups is 1. The number of hydrogen-bond donors (Lipinski definition) is 0. The van der Waals surface area contributed by atoms with E-state index in [1.807, 2.05) is 55.7 Å². The van der Waals surface area contributed by atoms with Gasteiger partial charge >= 0.3 is 0 Å². The maximum absolute atomic E-state index is 13.3. The van der Waals surface area contributed by atoms with Crippen LogP contribution in [0.2, 0.25) is 0 Å². The van der Waals surface area contributed by atoms with Crippen LogP contribution in [0.25, 0.3) is 21.3 Å². The molecule has 0 saturated heterocycles. The lowest BCUT2D eigenvalue weighted by molar-refractivity contribution is -0.127. The standard InChI is InChI=1S/C24H23FN4OS2/c1-28(2)19-10-4-16(5-11-19)12-29(3)21(30)14-32-24-22-20(13-31-23(22)26-15-27-24)17-6-8-18(25)9-7-17/h4-11,13,15H,12,14H2,1-3H3. The first-order valence-electron chi connectivity index (χ1n) is 10.0. The summed E-state index contributed by atoms with van der Waals surface area (Å²) in [7, 11) is 5.81. The molecule has 0 saturated carbocycles. The Morgan fingerprint density at radius 1 is 1.03 bits per heavy atom. The van der Waals surface area contributed by atoms with Crippen molar-refractivity contribution in [3.05, 3.63) is 71.6 Å². The molecule has 0 fully saturated rings. The van der Waals surface area contributed by atoms with E-state index in [1.54, 1.807) is 17.0 Å². The summed E-state index contributed by atoms with van der Waals surface area (Å²) in [5.41, 5.74) is 4.06. The molecule has 4 rings (SSSR count). The number of benzene rings is 2. The third kappa shape index (κ3) is 4.92. The number of thiophene rings is 1. The summed E-state index contributed by atoms with van der Waals surface area (Å²) in [5, 5.41) is 3.67. The zero-order valence-electron chi connectivity index (χ0n) is 18.1. The van der Waals surface area contributed by atoms with Crippen LogP contribution in [0.5, 0.6) is 0 Å². The Balaban J connectivity index is 1.47. The van der Waals surface area contributed by atoms with Gasteiger partial charge in [-0.15, -0.1) is 11.3 Å². The topological polar surface area (TPSA) is 49.3 Å². The molecule has 0 atom stereocenters. The van der Waals surface area contributed by atoms with Crippen molar-refractivity contribution in [3.8, 4) is 11.1 Å². The molecule has 2 heterocycles. The molecule has 32 heavy (non-hydrogen) atoms. The number of thioether (sulfide) groups is 1. The van der Waals surface area contributed by atoms with Crippen LogP contribution >= 0.6 is 23.1 Å². The van der Waals surface area contributed by atoms with Crippen molar-refractivity contribution < 1.29 is 9.18 Å². The third-order valence-corrected chi connectivity index (χ3v) is 6.98. The molecule has 2 aromatic heterocycles. The number of anilines is 1. The maximum Gasteiger partial charge on any atom is 0.233 e. The number of fused-ring (bicyclic) bond motifs is 1. The molecule has 0 unspecified atom stereocenters. The molecule has 0 aliphatic carbocycles. The van der Waals surface area contributed by atoms with Crippen molar-refractivity contribution in [1.82, 2.24) is 14.9 Å². The highest BCUT2D eigenvalue weighted by molar-refractivity contribution is 8.00. The van der Waals surface area contributed by atoms with Gasteiger partial charge in [0, 0.05) is 44.3 Å². The van der Waals surface area contributed by atoms with Crippen LogP contribution in [-0.4, -0.2) is 47.7 Å². The highest BCUT2D eigenvalue weighted by Crippen LogP contribution is 2.37. The van der Waals surface area contributed by atoms with E-state index in [1.165, 1.54) is 41.6 Å². The zero-order chi connectivity index (χ0) is 22.7. The van der Waals surface area contributed by atoms with Gasteiger partial charge in [0.05, 0.1) is 11.1 Å². The molecule has 0 spiro atoms. The first kappa shape index (κ1) is 22.2. The fourth-order valence-electron chi connectivity index (χ4n) is 3.30. The highest BCUT2D eigenvalue weighted by atomic mass is 32.2. The Hall–Kier alpha value is -2.97. The molecular formula is C24H23FN4OS2. The molecule has 5 nitrogen and oxygen atoms in total. The van der Waals surface area contributed by atoms with E-state index in [4.69, 9.17) is 0 Å². The van der Waals surface area contributed by atoms with E-state index in [0.29, 0.717) is 6.54 Å². The van der Waals surface area contributed by atoms with E-state index in [2.05, 4.69) is 9.97 Å². The number of carbonyl (C=O) groups excluding carboxylic acids is 1. The number of halogens is 1. The van der Waals surface area contributed by atoms with Crippen molar-refractivity contribution in [2.75, 3.05) is 31.8 Å². The van der Waals surface area contributed by atoms with E-state index in [-0.39, 0.29) is 17.5 Å². The van der Waals surface area contributed by atoms with Gasteiger partial charge in [0.15, 0.2) is 0 Å². The Labute approximate surface area is 194 Å². The summed E-state index contributed by atoms with van der Waals surface area (Å²) >= 11 is 2.92. The predicted octanol–water partition coefficient (Wildman–Crippen LogP) is 5.31. The molecule has 164 valence electrons. The number of hydrogen-bond acceptors (Lipinski definition) is 6. The van der Waals surface area contributed by atoms with Gasteiger partial charge < -0.3 is 9.80 Å². The summed E-state index contributed by atoms with van der Waals surface area (Å²) in [4.78, 5) is 26.2. The summed E-state index contributed by atoms with van der Waals surface area (Å²) in [6, 6.07) is 14.6. The van der Waals surface area contributed by atoms with Crippen molar-refractivity contribution in [3.63, 3.8) is 0 Å². The van der Waals surface area contributed by atoms with E-state index in [0.717, 1.165) is 37.6 Å². The minimum absolute atomic E-state index is 0.0250. The van der Waals surface area contributed by atoms with Gasteiger partial charge in [0.2, 0.25) is 5.91 Å². The average molecular weight is 467 g/mol. The van der Waals surface area contributed by atoms with Crippen molar-refractivity contribution in [1.29, 1.82) is 0 Å². The van der Waals surface area contributed by atoms with Gasteiger partial charge in [-0.2, -0.15) is 0 Å². The number of aromatic nitrogens is 2. The second-order valence-electron chi connectivity index (χ2n) is 7.61. The van der Waals surface area contributed by atoms with Crippen molar-refractivity contribution in [2.45, 2.75) is 11.6 Å². The van der Waals surface area contributed by atoms with Crippen molar-refractivity contribution in [2.24, 2.45) is 0 Å². The van der Waals surface area contributed by atoms with Crippen LogP contribution in [0.1, 0.15) is 5.56 Å². The van der Waals surface area contributed by atoms with Crippen LogP contribution in [0, 0.1) is 5.82 Å². The molecule has 0 bridgehead atoms. The van der Waals surface area contributed by atoms with Gasteiger partial charge in [-0.1, -0.05) is 36.0 Å². The SMILES string of the molecule is CN(Cc1ccc(N(C)C)cc1)C(=O)CSc1ncnc2scc(-c3ccc(F)cc3)c12. The van der Waals surface area contributed by atoms with Gasteiger partial charge in [-0.05, 0) is 35.4 Å². The molecule has 0 aliphatic rings. The second kappa shape index (κ2) is 9.67. The Morgan fingerprint density at radius 3 is 2.44 bits per heavy atom. The summed E-state index contributed by atoms with van der Waals surface area (Å²) in [5.74, 6) is 0.0259. The largest absolute Gasteiger partial charge is 0.378 e. The quantitative estimate of drug-likeness (QED) is 0.273. The van der Waals surface area contributed by atoms with Crippen LogP contribution < -0.4 is 4.90 Å². The fourth-order valence-corrected chi connectivity index (χ4v) is 5.23. The average Bonchev–Trinajstić information content (AvgIpc) is 3.23. The Bertz CT molecular complexity index is 1220. The Morgan fingerprint density at radius 2 is 1.75 bits per heavy atom. The smallest absolute Gasteiger partial charge is 0.233 e. The van der Waals surface area contributed by atoms with Gasteiger partial charge in [0.25, 0.3) is 0 Å². The predicted molar refractivity (Wildman–Crippen MR) is 131 cm³/mol. The summed E-state index contributed by atoms with van der Waals surface area (Å²) < 4.78 is 13.3. The van der Waals surface area contributed by atoms with Gasteiger partial charge in [-0.3, -0.25) is 4.79 Å². The second-order valence-corrected chi connectivity index (χ2v) is 9.44. The minimum atomic E-state index is -0.274. The van der Waals surface area contributed by atoms with E-state index in [9.17, 15) is 9.18 Å². The van der Waals surface area contributed by atoms with Crippen molar-refractivity contribution >= 4 is 44.9 Å². The molecule has 8 heteroatoms. The van der Waals surface area contributed by atoms with E-state index >= 15 is 0 Å². The maximum atomic E-state index is 13.3. The monoisotopic (exact) mass is 466 g/mol. The molecule has 2 aromatic carbocycles. The molecular weight excluding hydrogens is 443 g/mol. The lowest BCUT2D eigenvalue weighted by Gasteiger charge is -2.18. The molecule has 4 aromatic rings. The normalized spacial score (nSPS) is 11.0. The molecule has 1 amide bonds. The van der Waals surface area contributed by atoms with Crippen LogP contribution in [0.4, 0.5) is 10.1 Å². The van der Waals surface area contributed by atoms with E-state index < -0.39 is 0 Å². The molecule has 0 N–H and O–H groups in total. The van der Waals surface area contributed by atoms with Gasteiger partial charge in [0.1, 0.15) is 22.0 Å². The van der Waals surface area contributed by atoms with Crippen LogP contribution in [-0.2, 0) is 11.3 Å².